The normalized spacial score (nSPS) is 10.1. The van der Waals surface area contributed by atoms with E-state index in [4.69, 9.17) is 4.42 Å². The fourth-order valence-electron chi connectivity index (χ4n) is 1.20. The van der Waals surface area contributed by atoms with E-state index in [1.807, 2.05) is 6.07 Å². The Bertz CT molecular complexity index is 428. The summed E-state index contributed by atoms with van der Waals surface area (Å²) in [4.78, 5) is 14.0. The predicted molar refractivity (Wildman–Crippen MR) is 49.8 cm³/mol. The number of furan rings is 1. The van der Waals surface area contributed by atoms with E-state index in [0.717, 1.165) is 5.69 Å². The van der Waals surface area contributed by atoms with E-state index in [9.17, 15) is 4.79 Å². The van der Waals surface area contributed by atoms with Crippen LogP contribution in [0.2, 0.25) is 0 Å². The van der Waals surface area contributed by atoms with Gasteiger partial charge in [0.1, 0.15) is 11.5 Å². The Balaban J connectivity index is 2.31. The number of rotatable bonds is 2. The maximum Gasteiger partial charge on any atom is 0.354 e. The minimum atomic E-state index is -0.386. The minimum Gasteiger partial charge on any atom is -0.464 e. The number of esters is 1. The molecule has 4 nitrogen and oxygen atoms in total. The van der Waals surface area contributed by atoms with Gasteiger partial charge in [-0.2, -0.15) is 0 Å². The van der Waals surface area contributed by atoms with Gasteiger partial charge in [0, 0.05) is 0 Å². The van der Waals surface area contributed by atoms with Crippen molar-refractivity contribution in [3.8, 4) is 11.5 Å². The van der Waals surface area contributed by atoms with Gasteiger partial charge in [0.15, 0.2) is 0 Å². The van der Waals surface area contributed by atoms with E-state index < -0.39 is 0 Å². The maximum absolute atomic E-state index is 11.1. The first-order valence-corrected chi connectivity index (χ1v) is 4.12. The molecule has 1 N–H and O–H groups in total. The Morgan fingerprint density at radius 1 is 1.43 bits per heavy atom. The molecule has 0 radical (unpaired) electrons. The number of aromatic amines is 1. The van der Waals surface area contributed by atoms with Gasteiger partial charge in [0.05, 0.1) is 19.1 Å². The highest BCUT2D eigenvalue weighted by atomic mass is 16.5. The van der Waals surface area contributed by atoms with Crippen LogP contribution < -0.4 is 0 Å². The highest BCUT2D eigenvalue weighted by Gasteiger charge is 2.09. The van der Waals surface area contributed by atoms with Crippen LogP contribution in [0.4, 0.5) is 0 Å². The first-order chi connectivity index (χ1) is 6.81. The van der Waals surface area contributed by atoms with E-state index in [-0.39, 0.29) is 5.97 Å². The molecule has 0 aliphatic heterocycles. The molecule has 2 heterocycles. The van der Waals surface area contributed by atoms with Gasteiger partial charge >= 0.3 is 5.97 Å². The van der Waals surface area contributed by atoms with Gasteiger partial charge < -0.3 is 14.1 Å². The molecule has 2 rings (SSSR count). The van der Waals surface area contributed by atoms with Crippen LogP contribution in [0.25, 0.3) is 11.5 Å². The van der Waals surface area contributed by atoms with Gasteiger partial charge in [-0.15, -0.1) is 0 Å². The number of nitrogens with one attached hydrogen (secondary N) is 1. The lowest BCUT2D eigenvalue weighted by atomic mass is 10.3. The minimum absolute atomic E-state index is 0.386. The zero-order valence-corrected chi connectivity index (χ0v) is 7.61. The summed E-state index contributed by atoms with van der Waals surface area (Å²) in [5.41, 5.74) is 1.18. The summed E-state index contributed by atoms with van der Waals surface area (Å²) in [5.74, 6) is 0.308. The number of H-pyrrole nitrogens is 1. The van der Waals surface area contributed by atoms with Crippen LogP contribution >= 0.6 is 0 Å². The van der Waals surface area contributed by atoms with Crippen molar-refractivity contribution in [2.24, 2.45) is 0 Å². The van der Waals surface area contributed by atoms with Crippen LogP contribution in [0.3, 0.4) is 0 Å². The molecule has 0 aliphatic carbocycles. The summed E-state index contributed by atoms with van der Waals surface area (Å²) in [6.07, 6.45) is 1.58. The summed E-state index contributed by atoms with van der Waals surface area (Å²) in [7, 11) is 1.34. The smallest absolute Gasteiger partial charge is 0.354 e. The van der Waals surface area contributed by atoms with Crippen LogP contribution in [-0.2, 0) is 4.74 Å². The van der Waals surface area contributed by atoms with Crippen LogP contribution in [0, 0.1) is 0 Å². The van der Waals surface area contributed by atoms with Gasteiger partial charge in [-0.1, -0.05) is 0 Å². The lowest BCUT2D eigenvalue weighted by Crippen LogP contribution is -2.00. The van der Waals surface area contributed by atoms with E-state index in [0.29, 0.717) is 11.5 Å². The molecule has 0 saturated heterocycles. The number of hydrogen-bond donors (Lipinski definition) is 1. The third kappa shape index (κ3) is 1.42. The molecule has 0 aromatic carbocycles. The molecule has 2 aromatic heterocycles. The second-order valence-corrected chi connectivity index (χ2v) is 2.75. The monoisotopic (exact) mass is 191 g/mol. The maximum atomic E-state index is 11.1. The largest absolute Gasteiger partial charge is 0.464 e. The standard InChI is InChI=1S/C10H9NO3/c1-13-10(12)8-5-4-7(11-8)9-3-2-6-14-9/h2-6,11H,1H3. The zero-order chi connectivity index (χ0) is 9.97. The first kappa shape index (κ1) is 8.62. The quantitative estimate of drug-likeness (QED) is 0.739. The molecule has 0 unspecified atom stereocenters. The average Bonchev–Trinajstić information content (AvgIpc) is 2.86. The van der Waals surface area contributed by atoms with Crippen molar-refractivity contribution in [3.05, 3.63) is 36.2 Å². The van der Waals surface area contributed by atoms with Gasteiger partial charge in [-0.25, -0.2) is 4.79 Å². The number of carbonyl (C=O) groups is 1. The number of carbonyl (C=O) groups excluding carboxylic acids is 1. The molecule has 4 heteroatoms. The second kappa shape index (κ2) is 3.41. The number of hydrogen-bond acceptors (Lipinski definition) is 3. The molecular formula is C10H9NO3. The molecule has 14 heavy (non-hydrogen) atoms. The Labute approximate surface area is 80.5 Å². The fourth-order valence-corrected chi connectivity index (χ4v) is 1.20. The molecule has 0 bridgehead atoms. The van der Waals surface area contributed by atoms with Gasteiger partial charge in [0.2, 0.25) is 0 Å². The molecule has 0 aliphatic rings. The summed E-state index contributed by atoms with van der Waals surface area (Å²) in [6, 6.07) is 7.02. The van der Waals surface area contributed by atoms with Crippen molar-refractivity contribution >= 4 is 5.97 Å². The van der Waals surface area contributed by atoms with Gasteiger partial charge in [-0.3, -0.25) is 0 Å². The third-order valence-corrected chi connectivity index (χ3v) is 1.88. The molecule has 0 fully saturated rings. The topological polar surface area (TPSA) is 55.2 Å². The Morgan fingerprint density at radius 2 is 2.29 bits per heavy atom. The third-order valence-electron chi connectivity index (χ3n) is 1.88. The van der Waals surface area contributed by atoms with E-state index in [2.05, 4.69) is 9.72 Å². The van der Waals surface area contributed by atoms with Crippen molar-refractivity contribution < 1.29 is 13.9 Å². The van der Waals surface area contributed by atoms with E-state index in [1.54, 1.807) is 24.5 Å². The Kier molecular flexibility index (Phi) is 2.10. The van der Waals surface area contributed by atoms with Crippen LogP contribution in [0.5, 0.6) is 0 Å². The summed E-state index contributed by atoms with van der Waals surface area (Å²) < 4.78 is 9.73. The number of ether oxygens (including phenoxy) is 1. The Hall–Kier alpha value is -1.97. The molecule has 0 saturated carbocycles. The van der Waals surface area contributed by atoms with Crippen LogP contribution in [0.15, 0.2) is 34.9 Å². The van der Waals surface area contributed by atoms with Crippen LogP contribution in [0.1, 0.15) is 10.5 Å². The molecule has 72 valence electrons. The highest BCUT2D eigenvalue weighted by molar-refractivity contribution is 5.88. The second-order valence-electron chi connectivity index (χ2n) is 2.75. The summed E-state index contributed by atoms with van der Waals surface area (Å²) >= 11 is 0. The molecule has 0 spiro atoms. The van der Waals surface area contributed by atoms with Crippen molar-refractivity contribution in [2.75, 3.05) is 7.11 Å². The lowest BCUT2D eigenvalue weighted by molar-refractivity contribution is 0.0595. The average molecular weight is 191 g/mol. The van der Waals surface area contributed by atoms with Crippen LogP contribution in [-0.4, -0.2) is 18.1 Å². The predicted octanol–water partition coefficient (Wildman–Crippen LogP) is 2.06. The van der Waals surface area contributed by atoms with Gasteiger partial charge in [0.25, 0.3) is 0 Å². The van der Waals surface area contributed by atoms with E-state index >= 15 is 0 Å². The summed E-state index contributed by atoms with van der Waals surface area (Å²) in [5, 5.41) is 0. The van der Waals surface area contributed by atoms with Crippen molar-refractivity contribution in [3.63, 3.8) is 0 Å². The lowest BCUT2D eigenvalue weighted by Gasteiger charge is -1.94. The zero-order valence-electron chi connectivity index (χ0n) is 7.61. The number of methoxy groups -OCH3 is 1. The summed E-state index contributed by atoms with van der Waals surface area (Å²) in [6.45, 7) is 0. The molecule has 0 atom stereocenters. The molecular weight excluding hydrogens is 182 g/mol. The first-order valence-electron chi connectivity index (χ1n) is 4.12. The van der Waals surface area contributed by atoms with Crippen molar-refractivity contribution in [1.82, 2.24) is 4.98 Å². The SMILES string of the molecule is COC(=O)c1ccc(-c2ccco2)[nH]1. The molecule has 0 amide bonds. The van der Waals surface area contributed by atoms with Crippen molar-refractivity contribution in [2.45, 2.75) is 0 Å². The van der Waals surface area contributed by atoms with Crippen molar-refractivity contribution in [1.29, 1.82) is 0 Å². The fraction of sp³-hybridized carbons (Fsp3) is 0.100. The highest BCUT2D eigenvalue weighted by Crippen LogP contribution is 2.18. The molecule has 2 aromatic rings. The number of aromatic nitrogens is 1. The Morgan fingerprint density at radius 3 is 2.93 bits per heavy atom. The van der Waals surface area contributed by atoms with E-state index in [1.165, 1.54) is 7.11 Å². The van der Waals surface area contributed by atoms with Gasteiger partial charge in [-0.05, 0) is 24.3 Å².